The lowest BCUT2D eigenvalue weighted by molar-refractivity contribution is -0.117. The number of amides is 1. The molecular weight excluding hydrogens is 216 g/mol. The number of carbonyl (C=O) groups excluding carboxylic acids is 1. The van der Waals surface area contributed by atoms with Gasteiger partial charge in [-0.25, -0.2) is 13.1 Å². The van der Waals surface area contributed by atoms with Gasteiger partial charge in [0.25, 0.3) is 10.0 Å². The van der Waals surface area contributed by atoms with E-state index in [9.17, 15) is 13.2 Å². The minimum atomic E-state index is -3.92. The lowest BCUT2D eigenvalue weighted by atomic mass is 10.2. The molecule has 0 atom stereocenters. The van der Waals surface area contributed by atoms with Gasteiger partial charge in [0.1, 0.15) is 11.0 Å². The van der Waals surface area contributed by atoms with Crippen LogP contribution in [-0.2, 0) is 14.8 Å². The monoisotopic (exact) mass is 224 g/mol. The van der Waals surface area contributed by atoms with E-state index in [1.165, 1.54) is 18.2 Å². The fraction of sp³-hybridized carbons (Fsp3) is 0.111. The maximum atomic E-state index is 11.5. The molecular formula is C9H8N2O3S. The number of sulfonamides is 1. The van der Waals surface area contributed by atoms with E-state index in [1.54, 1.807) is 16.9 Å². The largest absolute Gasteiger partial charge is 0.274 e. The predicted molar refractivity (Wildman–Crippen MR) is 52.2 cm³/mol. The molecule has 0 unspecified atom stereocenters. The molecule has 0 aliphatic carbocycles. The van der Waals surface area contributed by atoms with E-state index in [4.69, 9.17) is 5.26 Å². The van der Waals surface area contributed by atoms with E-state index < -0.39 is 15.9 Å². The second-order valence-electron chi connectivity index (χ2n) is 2.77. The van der Waals surface area contributed by atoms with Crippen molar-refractivity contribution in [3.05, 3.63) is 29.8 Å². The van der Waals surface area contributed by atoms with Crippen LogP contribution in [-0.4, -0.2) is 14.3 Å². The van der Waals surface area contributed by atoms with Gasteiger partial charge in [-0.1, -0.05) is 12.1 Å². The van der Waals surface area contributed by atoms with E-state index in [0.29, 0.717) is 0 Å². The predicted octanol–water partition coefficient (Wildman–Crippen LogP) is 0.383. The van der Waals surface area contributed by atoms with Crippen molar-refractivity contribution in [2.45, 2.75) is 11.8 Å². The van der Waals surface area contributed by atoms with Gasteiger partial charge in [0, 0.05) is 6.92 Å². The van der Waals surface area contributed by atoms with Crippen molar-refractivity contribution in [1.29, 1.82) is 5.26 Å². The topological polar surface area (TPSA) is 87.0 Å². The molecule has 6 heteroatoms. The molecule has 0 bridgehead atoms. The number of carbonyl (C=O) groups is 1. The molecule has 0 saturated heterocycles. The normalized spacial score (nSPS) is 10.4. The van der Waals surface area contributed by atoms with Crippen LogP contribution in [0.1, 0.15) is 12.5 Å². The summed E-state index contributed by atoms with van der Waals surface area (Å²) in [5, 5.41) is 8.69. The maximum Gasteiger partial charge on any atom is 0.265 e. The van der Waals surface area contributed by atoms with Gasteiger partial charge in [0.15, 0.2) is 0 Å². The van der Waals surface area contributed by atoms with Crippen LogP contribution >= 0.6 is 0 Å². The van der Waals surface area contributed by atoms with Crippen LogP contribution in [0.4, 0.5) is 0 Å². The molecule has 1 N–H and O–H groups in total. The minimum Gasteiger partial charge on any atom is -0.274 e. The summed E-state index contributed by atoms with van der Waals surface area (Å²) in [6.45, 7) is 1.09. The van der Waals surface area contributed by atoms with Gasteiger partial charge in [0.05, 0.1) is 5.56 Å². The average molecular weight is 224 g/mol. The molecule has 0 aromatic heterocycles. The zero-order valence-corrected chi connectivity index (χ0v) is 8.71. The molecule has 1 aromatic rings. The van der Waals surface area contributed by atoms with Gasteiger partial charge in [-0.05, 0) is 12.1 Å². The summed E-state index contributed by atoms with van der Waals surface area (Å²) >= 11 is 0. The van der Waals surface area contributed by atoms with Gasteiger partial charge in [-0.2, -0.15) is 5.26 Å². The van der Waals surface area contributed by atoms with E-state index in [2.05, 4.69) is 0 Å². The molecule has 15 heavy (non-hydrogen) atoms. The second-order valence-corrected chi connectivity index (χ2v) is 4.42. The third kappa shape index (κ3) is 2.54. The van der Waals surface area contributed by atoms with E-state index in [0.717, 1.165) is 6.92 Å². The molecule has 1 amide bonds. The highest BCUT2D eigenvalue weighted by atomic mass is 32.2. The minimum absolute atomic E-state index is 0.00579. The lowest BCUT2D eigenvalue weighted by Gasteiger charge is -2.05. The molecule has 78 valence electrons. The Morgan fingerprint density at radius 3 is 2.53 bits per heavy atom. The quantitative estimate of drug-likeness (QED) is 0.786. The smallest absolute Gasteiger partial charge is 0.265 e. The zero-order valence-electron chi connectivity index (χ0n) is 7.89. The summed E-state index contributed by atoms with van der Waals surface area (Å²) in [6, 6.07) is 7.41. The van der Waals surface area contributed by atoms with E-state index >= 15 is 0 Å². The highest BCUT2D eigenvalue weighted by molar-refractivity contribution is 7.90. The molecule has 0 heterocycles. The summed E-state index contributed by atoms with van der Waals surface area (Å²) in [5.74, 6) is -0.692. The van der Waals surface area contributed by atoms with E-state index in [1.807, 2.05) is 0 Å². The maximum absolute atomic E-state index is 11.5. The van der Waals surface area contributed by atoms with Crippen molar-refractivity contribution in [2.75, 3.05) is 0 Å². The summed E-state index contributed by atoms with van der Waals surface area (Å²) in [4.78, 5) is 10.5. The number of hydrogen-bond acceptors (Lipinski definition) is 4. The number of nitrogens with zero attached hydrogens (tertiary/aromatic N) is 1. The highest BCUT2D eigenvalue weighted by Gasteiger charge is 2.18. The van der Waals surface area contributed by atoms with Gasteiger partial charge >= 0.3 is 0 Å². The molecule has 0 aliphatic rings. The third-order valence-electron chi connectivity index (χ3n) is 1.58. The number of nitrogens with one attached hydrogen (secondary N) is 1. The Kier molecular flexibility index (Phi) is 3.07. The first-order valence-electron chi connectivity index (χ1n) is 4.00. The van der Waals surface area contributed by atoms with Crippen LogP contribution in [0.25, 0.3) is 0 Å². The number of nitriles is 1. The first kappa shape index (κ1) is 11.2. The molecule has 1 aromatic carbocycles. The number of benzene rings is 1. The Labute approximate surface area is 87.4 Å². The van der Waals surface area contributed by atoms with Crippen molar-refractivity contribution in [3.8, 4) is 6.07 Å². The summed E-state index contributed by atoms with van der Waals surface area (Å²) in [6.07, 6.45) is 0. The van der Waals surface area contributed by atoms with Crippen molar-refractivity contribution in [1.82, 2.24) is 4.72 Å². The van der Waals surface area contributed by atoms with Crippen LogP contribution < -0.4 is 4.72 Å². The number of hydrogen-bond donors (Lipinski definition) is 1. The first-order chi connectivity index (χ1) is 6.97. The van der Waals surface area contributed by atoms with E-state index in [-0.39, 0.29) is 10.5 Å². The lowest BCUT2D eigenvalue weighted by Crippen LogP contribution is -2.28. The number of rotatable bonds is 2. The molecule has 0 saturated carbocycles. The van der Waals surface area contributed by atoms with Crippen LogP contribution in [0.2, 0.25) is 0 Å². The second kappa shape index (κ2) is 4.11. The van der Waals surface area contributed by atoms with Crippen LogP contribution in [0.15, 0.2) is 29.2 Å². The fourth-order valence-corrected chi connectivity index (χ4v) is 2.19. The molecule has 0 radical (unpaired) electrons. The van der Waals surface area contributed by atoms with Crippen molar-refractivity contribution >= 4 is 15.9 Å². The Morgan fingerprint density at radius 2 is 2.00 bits per heavy atom. The Hall–Kier alpha value is -1.87. The average Bonchev–Trinajstić information content (AvgIpc) is 2.16. The van der Waals surface area contributed by atoms with Crippen molar-refractivity contribution in [3.63, 3.8) is 0 Å². The first-order valence-corrected chi connectivity index (χ1v) is 5.48. The van der Waals surface area contributed by atoms with Gasteiger partial charge < -0.3 is 0 Å². The molecule has 0 aliphatic heterocycles. The van der Waals surface area contributed by atoms with Crippen LogP contribution in [0.5, 0.6) is 0 Å². The summed E-state index contributed by atoms with van der Waals surface area (Å²) < 4.78 is 24.9. The molecule has 0 spiro atoms. The fourth-order valence-electron chi connectivity index (χ4n) is 1.04. The SMILES string of the molecule is CC(=O)NS(=O)(=O)c1ccccc1C#N. The van der Waals surface area contributed by atoms with Crippen LogP contribution in [0, 0.1) is 11.3 Å². The molecule has 1 rings (SSSR count). The van der Waals surface area contributed by atoms with Gasteiger partial charge in [-0.15, -0.1) is 0 Å². The Bertz CT molecular complexity index is 529. The zero-order chi connectivity index (χ0) is 11.5. The summed E-state index contributed by atoms with van der Waals surface area (Å²) in [7, 11) is -3.92. The van der Waals surface area contributed by atoms with Gasteiger partial charge in [0.2, 0.25) is 5.91 Å². The van der Waals surface area contributed by atoms with Gasteiger partial charge in [-0.3, -0.25) is 4.79 Å². The van der Waals surface area contributed by atoms with Crippen molar-refractivity contribution < 1.29 is 13.2 Å². The summed E-state index contributed by atoms with van der Waals surface area (Å²) in [5.41, 5.74) is 0.00579. The third-order valence-corrected chi connectivity index (χ3v) is 3.07. The standard InChI is InChI=1S/C9H8N2O3S/c1-7(12)11-15(13,14)9-5-3-2-4-8(9)6-10/h2-5H,1H3,(H,11,12). The molecule has 0 fully saturated rings. The Morgan fingerprint density at radius 1 is 1.40 bits per heavy atom. The highest BCUT2D eigenvalue weighted by Crippen LogP contribution is 2.13. The Balaban J connectivity index is 3.28. The molecule has 5 nitrogen and oxygen atoms in total. The van der Waals surface area contributed by atoms with Crippen molar-refractivity contribution in [2.24, 2.45) is 0 Å². The van der Waals surface area contributed by atoms with Crippen LogP contribution in [0.3, 0.4) is 0 Å².